The lowest BCUT2D eigenvalue weighted by Crippen LogP contribution is -2.22. The predicted octanol–water partition coefficient (Wildman–Crippen LogP) is 3.49. The summed E-state index contributed by atoms with van der Waals surface area (Å²) in [4.78, 5) is 12.0. The number of carbonyl (C=O) groups is 1. The summed E-state index contributed by atoms with van der Waals surface area (Å²) in [5, 5.41) is 2.94. The first-order valence-electron chi connectivity index (χ1n) is 8.88. The Balaban J connectivity index is 1.55. The fourth-order valence-electron chi connectivity index (χ4n) is 3.10. The molecular weight excluding hydrogens is 318 g/mol. The summed E-state index contributed by atoms with van der Waals surface area (Å²) in [5.74, 6) is 1.79. The molecule has 3 rings (SSSR count). The van der Waals surface area contributed by atoms with Gasteiger partial charge < -0.3 is 19.5 Å². The van der Waals surface area contributed by atoms with Crippen LogP contribution in [-0.4, -0.2) is 32.8 Å². The SMILES string of the molecule is COc1cc(/C=C/C(=O)NCCC2=CCCCC2)cc2c1OCCO2. The van der Waals surface area contributed by atoms with Crippen LogP contribution >= 0.6 is 0 Å². The van der Waals surface area contributed by atoms with Crippen molar-refractivity contribution < 1.29 is 19.0 Å². The van der Waals surface area contributed by atoms with Gasteiger partial charge >= 0.3 is 0 Å². The van der Waals surface area contributed by atoms with E-state index in [-0.39, 0.29) is 5.91 Å². The van der Waals surface area contributed by atoms with Crippen LogP contribution in [0.1, 0.15) is 37.7 Å². The first-order valence-corrected chi connectivity index (χ1v) is 8.88. The van der Waals surface area contributed by atoms with Crippen LogP contribution in [0.2, 0.25) is 0 Å². The highest BCUT2D eigenvalue weighted by molar-refractivity contribution is 5.91. The van der Waals surface area contributed by atoms with Gasteiger partial charge in [-0.15, -0.1) is 0 Å². The van der Waals surface area contributed by atoms with E-state index in [9.17, 15) is 4.79 Å². The average molecular weight is 343 g/mol. The summed E-state index contributed by atoms with van der Waals surface area (Å²) in [6, 6.07) is 3.69. The molecule has 25 heavy (non-hydrogen) atoms. The van der Waals surface area contributed by atoms with Gasteiger partial charge in [0.25, 0.3) is 0 Å². The summed E-state index contributed by atoms with van der Waals surface area (Å²) in [6.07, 6.45) is 11.5. The molecule has 1 aromatic rings. The molecule has 2 aliphatic rings. The number of ether oxygens (including phenoxy) is 3. The van der Waals surface area contributed by atoms with Crippen molar-refractivity contribution in [3.05, 3.63) is 35.4 Å². The first-order chi connectivity index (χ1) is 12.3. The maximum atomic E-state index is 12.0. The van der Waals surface area contributed by atoms with Gasteiger partial charge in [0.1, 0.15) is 13.2 Å². The molecule has 0 atom stereocenters. The minimum absolute atomic E-state index is 0.0923. The van der Waals surface area contributed by atoms with E-state index in [4.69, 9.17) is 14.2 Å². The van der Waals surface area contributed by atoms with Crippen LogP contribution in [0.25, 0.3) is 6.08 Å². The number of nitrogens with one attached hydrogen (secondary N) is 1. The van der Waals surface area contributed by atoms with Gasteiger partial charge in [0, 0.05) is 12.6 Å². The monoisotopic (exact) mass is 343 g/mol. The molecule has 5 nitrogen and oxygen atoms in total. The summed E-state index contributed by atoms with van der Waals surface area (Å²) >= 11 is 0. The number of carbonyl (C=O) groups excluding carboxylic acids is 1. The molecule has 134 valence electrons. The Morgan fingerprint density at radius 1 is 1.28 bits per heavy atom. The third-order valence-corrected chi connectivity index (χ3v) is 4.41. The van der Waals surface area contributed by atoms with Crippen molar-refractivity contribution in [2.24, 2.45) is 0 Å². The summed E-state index contributed by atoms with van der Waals surface area (Å²) in [5.41, 5.74) is 2.30. The largest absolute Gasteiger partial charge is 0.493 e. The zero-order chi connectivity index (χ0) is 17.5. The standard InChI is InChI=1S/C20H25NO4/c1-23-17-13-16(14-18-20(17)25-12-11-24-18)7-8-19(22)21-10-9-15-5-3-2-4-6-15/h5,7-8,13-14H,2-4,6,9-12H2,1H3,(H,21,22)/b8-7+. The Morgan fingerprint density at radius 2 is 2.16 bits per heavy atom. The van der Waals surface area contributed by atoms with Crippen LogP contribution in [0.5, 0.6) is 17.2 Å². The Hall–Kier alpha value is -2.43. The van der Waals surface area contributed by atoms with Crippen LogP contribution < -0.4 is 19.5 Å². The fraction of sp³-hybridized carbons (Fsp3) is 0.450. The minimum Gasteiger partial charge on any atom is -0.493 e. The van der Waals surface area contributed by atoms with E-state index >= 15 is 0 Å². The molecule has 0 fully saturated rings. The average Bonchev–Trinajstić information content (AvgIpc) is 2.66. The van der Waals surface area contributed by atoms with E-state index in [1.165, 1.54) is 31.3 Å². The smallest absolute Gasteiger partial charge is 0.244 e. The van der Waals surface area contributed by atoms with Crippen molar-refractivity contribution in [1.29, 1.82) is 0 Å². The van der Waals surface area contributed by atoms with Crippen LogP contribution in [0.4, 0.5) is 0 Å². The van der Waals surface area contributed by atoms with Crippen molar-refractivity contribution in [2.45, 2.75) is 32.1 Å². The molecule has 0 saturated heterocycles. The molecule has 1 N–H and O–H groups in total. The van der Waals surface area contributed by atoms with Crippen molar-refractivity contribution in [3.63, 3.8) is 0 Å². The van der Waals surface area contributed by atoms with Gasteiger partial charge in [-0.3, -0.25) is 4.79 Å². The molecule has 0 saturated carbocycles. The normalized spacial score (nSPS) is 16.4. The Morgan fingerprint density at radius 3 is 2.96 bits per heavy atom. The van der Waals surface area contributed by atoms with E-state index in [2.05, 4.69) is 11.4 Å². The van der Waals surface area contributed by atoms with E-state index in [0.717, 1.165) is 12.0 Å². The molecule has 1 aliphatic carbocycles. The lowest BCUT2D eigenvalue weighted by Gasteiger charge is -2.20. The lowest BCUT2D eigenvalue weighted by molar-refractivity contribution is -0.116. The van der Waals surface area contributed by atoms with Crippen molar-refractivity contribution in [3.8, 4) is 17.2 Å². The zero-order valence-corrected chi connectivity index (χ0v) is 14.7. The van der Waals surface area contributed by atoms with Gasteiger partial charge in [0.2, 0.25) is 11.7 Å². The van der Waals surface area contributed by atoms with Gasteiger partial charge in [-0.25, -0.2) is 0 Å². The molecule has 0 radical (unpaired) electrons. The van der Waals surface area contributed by atoms with Gasteiger partial charge in [-0.1, -0.05) is 11.6 Å². The maximum Gasteiger partial charge on any atom is 0.244 e. The van der Waals surface area contributed by atoms with Gasteiger partial charge in [0.05, 0.1) is 7.11 Å². The number of allylic oxidation sites excluding steroid dienone is 1. The number of fused-ring (bicyclic) bond motifs is 1. The second-order valence-corrected chi connectivity index (χ2v) is 6.23. The minimum atomic E-state index is -0.0923. The molecule has 1 aromatic carbocycles. The van der Waals surface area contributed by atoms with Gasteiger partial charge in [-0.2, -0.15) is 0 Å². The molecule has 0 aromatic heterocycles. The molecular formula is C20H25NO4. The second-order valence-electron chi connectivity index (χ2n) is 6.23. The Bertz CT molecular complexity index is 661. The van der Waals surface area contributed by atoms with Crippen LogP contribution in [0.3, 0.4) is 0 Å². The molecule has 0 unspecified atom stereocenters. The number of hydrogen-bond acceptors (Lipinski definition) is 4. The third-order valence-electron chi connectivity index (χ3n) is 4.41. The van der Waals surface area contributed by atoms with E-state index in [1.807, 2.05) is 12.1 Å². The summed E-state index contributed by atoms with van der Waals surface area (Å²) in [6.45, 7) is 1.70. The van der Waals surface area contributed by atoms with Crippen LogP contribution in [0.15, 0.2) is 29.9 Å². The van der Waals surface area contributed by atoms with Crippen molar-refractivity contribution in [2.75, 3.05) is 26.9 Å². The van der Waals surface area contributed by atoms with Gasteiger partial charge in [0.15, 0.2) is 11.5 Å². The van der Waals surface area contributed by atoms with E-state index < -0.39 is 0 Å². The second kappa shape index (κ2) is 8.60. The fourth-order valence-corrected chi connectivity index (χ4v) is 3.10. The zero-order valence-electron chi connectivity index (χ0n) is 14.7. The number of benzene rings is 1. The quantitative estimate of drug-likeness (QED) is 0.635. The molecule has 1 amide bonds. The van der Waals surface area contributed by atoms with Crippen LogP contribution in [-0.2, 0) is 4.79 Å². The molecule has 0 bridgehead atoms. The van der Waals surface area contributed by atoms with E-state index in [0.29, 0.717) is 37.0 Å². The number of rotatable bonds is 6. The molecule has 1 heterocycles. The highest BCUT2D eigenvalue weighted by Crippen LogP contribution is 2.40. The van der Waals surface area contributed by atoms with Crippen molar-refractivity contribution in [1.82, 2.24) is 5.32 Å². The topological polar surface area (TPSA) is 56.8 Å². The highest BCUT2D eigenvalue weighted by Gasteiger charge is 2.17. The molecule has 1 aliphatic heterocycles. The predicted molar refractivity (Wildman–Crippen MR) is 97.2 cm³/mol. The van der Waals surface area contributed by atoms with Gasteiger partial charge in [-0.05, 0) is 55.9 Å². The summed E-state index contributed by atoms with van der Waals surface area (Å²) in [7, 11) is 1.59. The van der Waals surface area contributed by atoms with E-state index in [1.54, 1.807) is 19.3 Å². The highest BCUT2D eigenvalue weighted by atomic mass is 16.6. The summed E-state index contributed by atoms with van der Waals surface area (Å²) < 4.78 is 16.5. The third kappa shape index (κ3) is 4.78. The Labute approximate surface area is 148 Å². The molecule has 0 spiro atoms. The maximum absolute atomic E-state index is 12.0. The van der Waals surface area contributed by atoms with Crippen molar-refractivity contribution >= 4 is 12.0 Å². The lowest BCUT2D eigenvalue weighted by atomic mass is 9.97. The number of amides is 1. The number of methoxy groups -OCH3 is 1. The molecule has 5 heteroatoms. The number of hydrogen-bond donors (Lipinski definition) is 1. The Kier molecular flexibility index (Phi) is 5.99. The van der Waals surface area contributed by atoms with Crippen LogP contribution in [0, 0.1) is 0 Å². The first kappa shape index (κ1) is 17.4.